The monoisotopic (exact) mass is 380 g/mol. The molecule has 130 valence electrons. The van der Waals surface area contributed by atoms with Gasteiger partial charge in [-0.25, -0.2) is 8.42 Å². The number of nitrogens with one attached hydrogen (secondary N) is 1. The predicted molar refractivity (Wildman–Crippen MR) is 90.4 cm³/mol. The molecule has 1 aliphatic heterocycles. The molecule has 1 unspecified atom stereocenters. The SMILES string of the molecule is CCOCCCNC(=O)C1CCCN1S(=O)(=O)c1ccc(Cl)s1. The molecule has 1 atom stereocenters. The summed E-state index contributed by atoms with van der Waals surface area (Å²) in [4.78, 5) is 12.3. The summed E-state index contributed by atoms with van der Waals surface area (Å²) in [5, 5.41) is 2.79. The molecule has 0 bridgehead atoms. The van der Waals surface area contributed by atoms with Gasteiger partial charge >= 0.3 is 0 Å². The Morgan fingerprint density at radius 2 is 2.30 bits per heavy atom. The highest BCUT2D eigenvalue weighted by Crippen LogP contribution is 2.32. The molecule has 0 aliphatic carbocycles. The van der Waals surface area contributed by atoms with Gasteiger partial charge in [0.1, 0.15) is 10.3 Å². The predicted octanol–water partition coefficient (Wildman–Crippen LogP) is 2.10. The number of sulfonamides is 1. The Kier molecular flexibility index (Phi) is 6.84. The number of carbonyl (C=O) groups excluding carboxylic acids is 1. The van der Waals surface area contributed by atoms with Crippen molar-refractivity contribution in [3.05, 3.63) is 16.5 Å². The van der Waals surface area contributed by atoms with Crippen LogP contribution in [-0.4, -0.2) is 51.0 Å². The minimum atomic E-state index is -3.67. The minimum Gasteiger partial charge on any atom is -0.382 e. The van der Waals surface area contributed by atoms with Gasteiger partial charge in [0.15, 0.2) is 0 Å². The average Bonchev–Trinajstić information content (AvgIpc) is 3.16. The van der Waals surface area contributed by atoms with Gasteiger partial charge in [-0.3, -0.25) is 4.79 Å². The molecular formula is C14H21ClN2O4S2. The summed E-state index contributed by atoms with van der Waals surface area (Å²) in [5.74, 6) is -0.245. The first-order chi connectivity index (χ1) is 11.0. The van der Waals surface area contributed by atoms with Crippen LogP contribution in [0.25, 0.3) is 0 Å². The van der Waals surface area contributed by atoms with Crippen molar-refractivity contribution in [1.82, 2.24) is 9.62 Å². The van der Waals surface area contributed by atoms with E-state index in [1.807, 2.05) is 6.92 Å². The maximum Gasteiger partial charge on any atom is 0.253 e. The molecule has 1 fully saturated rings. The van der Waals surface area contributed by atoms with Crippen molar-refractivity contribution in [1.29, 1.82) is 0 Å². The smallest absolute Gasteiger partial charge is 0.253 e. The highest BCUT2D eigenvalue weighted by Gasteiger charge is 2.39. The summed E-state index contributed by atoms with van der Waals surface area (Å²) in [7, 11) is -3.67. The van der Waals surface area contributed by atoms with Gasteiger partial charge in [0.05, 0.1) is 4.34 Å². The molecule has 2 rings (SSSR count). The second kappa shape index (κ2) is 8.43. The van der Waals surface area contributed by atoms with Crippen LogP contribution in [0, 0.1) is 0 Å². The maximum atomic E-state index is 12.7. The van der Waals surface area contributed by atoms with E-state index in [9.17, 15) is 13.2 Å². The normalized spacial score (nSPS) is 19.1. The van der Waals surface area contributed by atoms with E-state index in [1.54, 1.807) is 6.07 Å². The average molecular weight is 381 g/mol. The van der Waals surface area contributed by atoms with Gasteiger partial charge in [0.2, 0.25) is 5.91 Å². The van der Waals surface area contributed by atoms with Crippen LogP contribution in [0.5, 0.6) is 0 Å². The minimum absolute atomic E-state index is 0.179. The molecule has 6 nitrogen and oxygen atoms in total. The molecule has 1 amide bonds. The summed E-state index contributed by atoms with van der Waals surface area (Å²) in [5.41, 5.74) is 0. The molecule has 0 spiro atoms. The fourth-order valence-corrected chi connectivity index (χ4v) is 5.76. The Hall–Kier alpha value is -0.670. The van der Waals surface area contributed by atoms with Crippen molar-refractivity contribution in [3.63, 3.8) is 0 Å². The molecule has 1 saturated heterocycles. The number of thiophene rings is 1. The molecule has 1 aromatic heterocycles. The number of ether oxygens (including phenoxy) is 1. The number of hydrogen-bond acceptors (Lipinski definition) is 5. The Bertz CT molecular complexity index is 632. The Morgan fingerprint density at radius 1 is 1.52 bits per heavy atom. The first-order valence-corrected chi connectivity index (χ1v) is 10.2. The zero-order valence-corrected chi connectivity index (χ0v) is 15.3. The van der Waals surface area contributed by atoms with Crippen molar-refractivity contribution >= 4 is 38.9 Å². The molecular weight excluding hydrogens is 360 g/mol. The van der Waals surface area contributed by atoms with E-state index in [0.29, 0.717) is 49.9 Å². The van der Waals surface area contributed by atoms with Crippen LogP contribution >= 0.6 is 22.9 Å². The van der Waals surface area contributed by atoms with E-state index < -0.39 is 16.1 Å². The van der Waals surface area contributed by atoms with Gasteiger partial charge in [0.25, 0.3) is 10.0 Å². The first kappa shape index (κ1) is 18.7. The van der Waals surface area contributed by atoms with Gasteiger partial charge < -0.3 is 10.1 Å². The summed E-state index contributed by atoms with van der Waals surface area (Å²) in [6.07, 6.45) is 1.92. The summed E-state index contributed by atoms with van der Waals surface area (Å²) in [6, 6.07) is 2.39. The van der Waals surface area contributed by atoms with E-state index in [1.165, 1.54) is 10.4 Å². The number of hydrogen-bond donors (Lipinski definition) is 1. The van der Waals surface area contributed by atoms with Crippen LogP contribution < -0.4 is 5.32 Å². The second-order valence-corrected chi connectivity index (χ2v) is 9.01. The molecule has 1 aromatic rings. The van der Waals surface area contributed by atoms with Gasteiger partial charge in [-0.05, 0) is 38.3 Å². The summed E-state index contributed by atoms with van der Waals surface area (Å²) in [6.45, 7) is 3.97. The third-order valence-corrected chi connectivity index (χ3v) is 7.19. The molecule has 0 aromatic carbocycles. The molecule has 9 heteroatoms. The van der Waals surface area contributed by atoms with Crippen molar-refractivity contribution in [2.24, 2.45) is 0 Å². The summed E-state index contributed by atoms with van der Waals surface area (Å²) >= 11 is 6.84. The van der Waals surface area contributed by atoms with Gasteiger partial charge in [0, 0.05) is 26.3 Å². The van der Waals surface area contributed by atoms with Crippen molar-refractivity contribution in [2.45, 2.75) is 36.4 Å². The fourth-order valence-electron chi connectivity index (χ4n) is 2.49. The first-order valence-electron chi connectivity index (χ1n) is 7.59. The lowest BCUT2D eigenvalue weighted by atomic mass is 10.2. The topological polar surface area (TPSA) is 75.7 Å². The zero-order chi connectivity index (χ0) is 16.9. The third-order valence-electron chi connectivity index (χ3n) is 3.59. The number of carbonyl (C=O) groups is 1. The number of halogens is 1. The highest BCUT2D eigenvalue weighted by molar-refractivity contribution is 7.91. The van der Waals surface area contributed by atoms with E-state index in [4.69, 9.17) is 16.3 Å². The molecule has 23 heavy (non-hydrogen) atoms. The van der Waals surface area contributed by atoms with Crippen LogP contribution in [0.15, 0.2) is 16.3 Å². The standard InChI is InChI=1S/C14H21ClN2O4S2/c1-2-21-10-4-8-16-14(18)11-5-3-9-17(11)23(19,20)13-7-6-12(15)22-13/h6-7,11H,2-5,8-10H2,1H3,(H,16,18). The van der Waals surface area contributed by atoms with Crippen LogP contribution in [-0.2, 0) is 19.6 Å². The molecule has 1 N–H and O–H groups in total. The van der Waals surface area contributed by atoms with E-state index in [-0.39, 0.29) is 10.1 Å². The molecule has 0 radical (unpaired) electrons. The van der Waals surface area contributed by atoms with Crippen LogP contribution in [0.2, 0.25) is 4.34 Å². The zero-order valence-electron chi connectivity index (χ0n) is 13.0. The van der Waals surface area contributed by atoms with Gasteiger partial charge in [-0.1, -0.05) is 11.6 Å². The van der Waals surface area contributed by atoms with E-state index in [0.717, 1.165) is 11.3 Å². The van der Waals surface area contributed by atoms with E-state index in [2.05, 4.69) is 5.32 Å². The number of nitrogens with zero attached hydrogens (tertiary/aromatic N) is 1. The third kappa shape index (κ3) is 4.67. The lowest BCUT2D eigenvalue weighted by Crippen LogP contribution is -2.46. The Labute approximate surface area is 145 Å². The number of amides is 1. The fraction of sp³-hybridized carbons (Fsp3) is 0.643. The molecule has 1 aliphatic rings. The largest absolute Gasteiger partial charge is 0.382 e. The quantitative estimate of drug-likeness (QED) is 0.701. The summed E-state index contributed by atoms with van der Waals surface area (Å²) < 4.78 is 32.4. The lowest BCUT2D eigenvalue weighted by Gasteiger charge is -2.22. The Balaban J connectivity index is 1.98. The van der Waals surface area contributed by atoms with Crippen LogP contribution in [0.4, 0.5) is 0 Å². The molecule has 0 saturated carbocycles. The van der Waals surface area contributed by atoms with Crippen molar-refractivity contribution < 1.29 is 17.9 Å². The maximum absolute atomic E-state index is 12.7. The second-order valence-electron chi connectivity index (χ2n) is 5.17. The lowest BCUT2D eigenvalue weighted by molar-refractivity contribution is -0.124. The number of rotatable bonds is 8. The van der Waals surface area contributed by atoms with Crippen molar-refractivity contribution in [2.75, 3.05) is 26.3 Å². The van der Waals surface area contributed by atoms with Crippen LogP contribution in [0.1, 0.15) is 26.2 Å². The Morgan fingerprint density at radius 3 is 2.96 bits per heavy atom. The van der Waals surface area contributed by atoms with Gasteiger partial charge in [-0.2, -0.15) is 4.31 Å². The highest BCUT2D eigenvalue weighted by atomic mass is 35.5. The van der Waals surface area contributed by atoms with E-state index >= 15 is 0 Å². The molecule has 2 heterocycles. The van der Waals surface area contributed by atoms with Gasteiger partial charge in [-0.15, -0.1) is 11.3 Å². The van der Waals surface area contributed by atoms with Crippen molar-refractivity contribution in [3.8, 4) is 0 Å². The van der Waals surface area contributed by atoms with Crippen LogP contribution in [0.3, 0.4) is 0 Å².